The summed E-state index contributed by atoms with van der Waals surface area (Å²) in [7, 11) is 0. The number of rotatable bonds is 4. The number of piperidine rings is 1. The largest absolute Gasteiger partial charge is 0.338 e. The fourth-order valence-electron chi connectivity index (χ4n) is 4.43. The van der Waals surface area contributed by atoms with Crippen LogP contribution in [0.15, 0.2) is 43.0 Å². The van der Waals surface area contributed by atoms with Crippen LogP contribution in [0, 0.1) is 5.92 Å². The average Bonchev–Trinajstić information content (AvgIpc) is 3.31. The number of amides is 1. The smallest absolute Gasteiger partial charge is 0.257 e. The normalized spacial score (nSPS) is 20.7. The van der Waals surface area contributed by atoms with Crippen molar-refractivity contribution >= 4 is 11.4 Å². The first-order valence-corrected chi connectivity index (χ1v) is 10.0. The quantitative estimate of drug-likeness (QED) is 0.714. The third kappa shape index (κ3) is 3.03. The lowest BCUT2D eigenvalue weighted by Gasteiger charge is -2.33. The maximum absolute atomic E-state index is 13.2. The Morgan fingerprint density at radius 1 is 1.15 bits per heavy atom. The fraction of sp³-hybridized carbons (Fsp3) is 0.476. The van der Waals surface area contributed by atoms with Gasteiger partial charge in [-0.05, 0) is 43.7 Å². The van der Waals surface area contributed by atoms with E-state index in [2.05, 4.69) is 20.8 Å². The summed E-state index contributed by atoms with van der Waals surface area (Å²) in [6.07, 6.45) is 13.7. The lowest BCUT2D eigenvalue weighted by Crippen LogP contribution is -2.40. The molecule has 2 fully saturated rings. The number of likely N-dealkylation sites (tertiary alicyclic amines) is 1. The van der Waals surface area contributed by atoms with Crippen molar-refractivity contribution in [2.75, 3.05) is 13.1 Å². The third-order valence-electron chi connectivity index (χ3n) is 6.16. The van der Waals surface area contributed by atoms with Crippen LogP contribution >= 0.6 is 0 Å². The van der Waals surface area contributed by atoms with Gasteiger partial charge in [-0.1, -0.05) is 12.5 Å². The van der Waals surface area contributed by atoms with Gasteiger partial charge in [0.25, 0.3) is 5.91 Å². The highest BCUT2D eigenvalue weighted by molar-refractivity contribution is 6.00. The molecule has 1 saturated heterocycles. The van der Waals surface area contributed by atoms with E-state index in [9.17, 15) is 4.79 Å². The van der Waals surface area contributed by atoms with Gasteiger partial charge in [-0.25, -0.2) is 9.50 Å². The Morgan fingerprint density at radius 3 is 2.93 bits per heavy atom. The molecule has 1 saturated carbocycles. The zero-order valence-electron chi connectivity index (χ0n) is 15.5. The van der Waals surface area contributed by atoms with Crippen molar-refractivity contribution in [3.8, 4) is 0 Å². The first-order chi connectivity index (χ1) is 13.3. The molecule has 1 amide bonds. The van der Waals surface area contributed by atoms with Crippen molar-refractivity contribution in [2.45, 2.75) is 44.6 Å². The second kappa shape index (κ2) is 6.83. The molecule has 4 heterocycles. The SMILES string of the molecule is O=C(c1cnn2ccccc12)N1CCC[C@H](c2nccn2CC2CCC2)C1. The molecule has 1 atom stereocenters. The highest BCUT2D eigenvalue weighted by Gasteiger charge is 2.30. The van der Waals surface area contributed by atoms with E-state index < -0.39 is 0 Å². The molecular formula is C21H25N5O. The molecule has 0 unspecified atom stereocenters. The maximum Gasteiger partial charge on any atom is 0.257 e. The van der Waals surface area contributed by atoms with Gasteiger partial charge in [-0.15, -0.1) is 0 Å². The van der Waals surface area contributed by atoms with E-state index in [1.54, 1.807) is 10.7 Å². The molecule has 3 aromatic rings. The average molecular weight is 363 g/mol. The number of carbonyl (C=O) groups excluding carboxylic acids is 1. The Hall–Kier alpha value is -2.63. The highest BCUT2D eigenvalue weighted by Crippen LogP contribution is 2.31. The van der Waals surface area contributed by atoms with Gasteiger partial charge >= 0.3 is 0 Å². The van der Waals surface area contributed by atoms with Gasteiger partial charge < -0.3 is 9.47 Å². The van der Waals surface area contributed by atoms with E-state index in [0.29, 0.717) is 11.5 Å². The van der Waals surface area contributed by atoms with Crippen LogP contribution in [0.25, 0.3) is 5.52 Å². The van der Waals surface area contributed by atoms with E-state index in [-0.39, 0.29) is 5.91 Å². The monoisotopic (exact) mass is 363 g/mol. The summed E-state index contributed by atoms with van der Waals surface area (Å²) in [5, 5.41) is 4.32. The van der Waals surface area contributed by atoms with Crippen LogP contribution in [-0.2, 0) is 6.54 Å². The van der Waals surface area contributed by atoms with E-state index in [1.807, 2.05) is 35.5 Å². The lowest BCUT2D eigenvalue weighted by atomic mass is 9.85. The summed E-state index contributed by atoms with van der Waals surface area (Å²) in [5.74, 6) is 2.36. The first-order valence-electron chi connectivity index (χ1n) is 10.0. The van der Waals surface area contributed by atoms with Crippen molar-refractivity contribution < 1.29 is 4.79 Å². The predicted octanol–water partition coefficient (Wildman–Crippen LogP) is 3.35. The number of pyridine rings is 1. The number of carbonyl (C=O) groups is 1. The number of imidazole rings is 1. The van der Waals surface area contributed by atoms with Crippen molar-refractivity contribution in [3.05, 3.63) is 54.4 Å². The Balaban J connectivity index is 1.35. The van der Waals surface area contributed by atoms with E-state index >= 15 is 0 Å². The number of aromatic nitrogens is 4. The molecule has 2 aliphatic rings. The van der Waals surface area contributed by atoms with E-state index in [1.165, 1.54) is 19.3 Å². The standard InChI is InChI=1S/C21H25N5O/c27-21(18-13-23-26-11-2-1-8-19(18)26)25-10-4-7-17(15-25)20-22-9-12-24(20)14-16-5-3-6-16/h1-2,8-9,11-13,16-17H,3-7,10,14-15H2/t17-/m0/s1. The minimum absolute atomic E-state index is 0.0815. The lowest BCUT2D eigenvalue weighted by molar-refractivity contribution is 0.0704. The Labute approximate surface area is 158 Å². The van der Waals surface area contributed by atoms with Crippen molar-refractivity contribution in [1.29, 1.82) is 0 Å². The van der Waals surface area contributed by atoms with E-state index in [0.717, 1.165) is 49.7 Å². The van der Waals surface area contributed by atoms with Gasteiger partial charge in [0.2, 0.25) is 0 Å². The molecule has 27 heavy (non-hydrogen) atoms. The van der Waals surface area contributed by atoms with Crippen molar-refractivity contribution in [3.63, 3.8) is 0 Å². The number of nitrogens with zero attached hydrogens (tertiary/aromatic N) is 5. The zero-order valence-corrected chi connectivity index (χ0v) is 15.5. The number of hydrogen-bond donors (Lipinski definition) is 0. The topological polar surface area (TPSA) is 55.4 Å². The molecule has 6 heteroatoms. The first kappa shape index (κ1) is 16.5. The van der Waals surface area contributed by atoms with Gasteiger partial charge in [0.1, 0.15) is 5.82 Å². The molecule has 3 aromatic heterocycles. The van der Waals surface area contributed by atoms with Crippen LogP contribution in [0.2, 0.25) is 0 Å². The molecule has 0 radical (unpaired) electrons. The zero-order chi connectivity index (χ0) is 18.2. The van der Waals surface area contributed by atoms with Crippen LogP contribution in [0.5, 0.6) is 0 Å². The summed E-state index contributed by atoms with van der Waals surface area (Å²) in [5.41, 5.74) is 1.56. The minimum Gasteiger partial charge on any atom is -0.338 e. The summed E-state index contributed by atoms with van der Waals surface area (Å²) >= 11 is 0. The van der Waals surface area contributed by atoms with Crippen LogP contribution in [0.3, 0.4) is 0 Å². The molecular weight excluding hydrogens is 338 g/mol. The Kier molecular flexibility index (Phi) is 4.19. The van der Waals surface area contributed by atoms with Crippen LogP contribution in [0.4, 0.5) is 0 Å². The Morgan fingerprint density at radius 2 is 2.07 bits per heavy atom. The molecule has 0 spiro atoms. The van der Waals surface area contributed by atoms with Gasteiger partial charge in [0, 0.05) is 44.1 Å². The molecule has 6 nitrogen and oxygen atoms in total. The summed E-state index contributed by atoms with van der Waals surface area (Å²) < 4.78 is 4.10. The van der Waals surface area contributed by atoms with Crippen LogP contribution in [0.1, 0.15) is 54.2 Å². The second-order valence-corrected chi connectivity index (χ2v) is 7.91. The minimum atomic E-state index is 0.0815. The predicted molar refractivity (Wildman–Crippen MR) is 103 cm³/mol. The summed E-state index contributed by atoms with van der Waals surface area (Å²) in [6.45, 7) is 2.63. The second-order valence-electron chi connectivity index (χ2n) is 7.91. The maximum atomic E-state index is 13.2. The summed E-state index contributed by atoms with van der Waals surface area (Å²) in [6, 6.07) is 5.82. The molecule has 0 N–H and O–H groups in total. The van der Waals surface area contributed by atoms with Gasteiger partial charge in [-0.2, -0.15) is 5.10 Å². The van der Waals surface area contributed by atoms with Crippen LogP contribution in [-0.4, -0.2) is 43.1 Å². The van der Waals surface area contributed by atoms with E-state index in [4.69, 9.17) is 0 Å². The van der Waals surface area contributed by atoms with Crippen LogP contribution < -0.4 is 0 Å². The number of hydrogen-bond acceptors (Lipinski definition) is 3. The molecule has 0 aromatic carbocycles. The van der Waals surface area contributed by atoms with Crippen molar-refractivity contribution in [1.82, 2.24) is 24.1 Å². The molecule has 5 rings (SSSR count). The van der Waals surface area contributed by atoms with Gasteiger partial charge in [0.05, 0.1) is 17.3 Å². The summed E-state index contributed by atoms with van der Waals surface area (Å²) in [4.78, 5) is 19.8. The molecule has 1 aliphatic heterocycles. The van der Waals surface area contributed by atoms with Gasteiger partial charge in [0.15, 0.2) is 0 Å². The molecule has 0 bridgehead atoms. The van der Waals surface area contributed by atoms with Crippen molar-refractivity contribution in [2.24, 2.45) is 5.92 Å². The molecule has 140 valence electrons. The fourth-order valence-corrected chi connectivity index (χ4v) is 4.43. The highest BCUT2D eigenvalue weighted by atomic mass is 16.2. The Bertz CT molecular complexity index is 954. The third-order valence-corrected chi connectivity index (χ3v) is 6.16. The molecule has 1 aliphatic carbocycles. The number of fused-ring (bicyclic) bond motifs is 1. The van der Waals surface area contributed by atoms with Gasteiger partial charge in [-0.3, -0.25) is 4.79 Å².